The fraction of sp³-hybridized carbons (Fsp3) is 0.261. The first-order chi connectivity index (χ1) is 14.6. The molecule has 1 fully saturated rings. The summed E-state index contributed by atoms with van der Waals surface area (Å²) in [5.74, 6) is -0.348. The summed E-state index contributed by atoms with van der Waals surface area (Å²) >= 11 is 6.03. The first-order valence-corrected chi connectivity index (χ1v) is 10.4. The van der Waals surface area contributed by atoms with Gasteiger partial charge in [0.25, 0.3) is 5.91 Å². The van der Waals surface area contributed by atoms with Crippen LogP contribution in [-0.2, 0) is 4.79 Å². The molecule has 6 nitrogen and oxygen atoms in total. The van der Waals surface area contributed by atoms with Crippen LogP contribution in [0.25, 0.3) is 17.0 Å². The first-order valence-electron chi connectivity index (χ1n) is 10.1. The van der Waals surface area contributed by atoms with Gasteiger partial charge in [-0.15, -0.1) is 0 Å². The van der Waals surface area contributed by atoms with E-state index >= 15 is 0 Å². The molecule has 3 aromatic rings. The maximum absolute atomic E-state index is 12.8. The minimum Gasteiger partial charge on any atom is -0.351 e. The molecule has 1 saturated carbocycles. The Kier molecular flexibility index (Phi) is 6.14. The van der Waals surface area contributed by atoms with Crippen LogP contribution in [0.3, 0.4) is 0 Å². The van der Waals surface area contributed by atoms with E-state index in [1.807, 2.05) is 24.3 Å². The van der Waals surface area contributed by atoms with E-state index in [4.69, 9.17) is 11.6 Å². The summed E-state index contributed by atoms with van der Waals surface area (Å²) in [5.41, 5.74) is 2.26. The van der Waals surface area contributed by atoms with E-state index in [-0.39, 0.29) is 23.9 Å². The molecule has 7 heteroatoms. The number of H-pyrrole nitrogens is 1. The molecule has 0 bridgehead atoms. The van der Waals surface area contributed by atoms with Crippen molar-refractivity contribution in [3.63, 3.8) is 0 Å². The van der Waals surface area contributed by atoms with Crippen LogP contribution < -0.4 is 10.6 Å². The van der Waals surface area contributed by atoms with E-state index in [2.05, 4.69) is 20.6 Å². The molecule has 1 aliphatic rings. The van der Waals surface area contributed by atoms with Gasteiger partial charge in [0.2, 0.25) is 5.91 Å². The lowest BCUT2D eigenvalue weighted by Gasteiger charge is -2.32. The molecule has 0 spiro atoms. The number of benzene rings is 1. The highest BCUT2D eigenvalue weighted by Crippen LogP contribution is 2.22. The van der Waals surface area contributed by atoms with Gasteiger partial charge in [-0.05, 0) is 60.9 Å². The van der Waals surface area contributed by atoms with E-state index in [9.17, 15) is 9.59 Å². The second-order valence-electron chi connectivity index (χ2n) is 7.51. The monoisotopic (exact) mass is 422 g/mol. The lowest BCUT2D eigenvalue weighted by molar-refractivity contribution is -0.117. The number of nitrogens with zero attached hydrogens (tertiary/aromatic N) is 1. The summed E-state index contributed by atoms with van der Waals surface area (Å²) in [7, 11) is 0. The van der Waals surface area contributed by atoms with Crippen molar-refractivity contribution in [1.29, 1.82) is 0 Å². The maximum Gasteiger partial charge on any atom is 0.268 e. The fourth-order valence-electron chi connectivity index (χ4n) is 3.83. The molecule has 0 unspecified atom stereocenters. The molecule has 4 rings (SSSR count). The first kappa shape index (κ1) is 20.2. The molecule has 0 radical (unpaired) electrons. The Morgan fingerprint density at radius 2 is 1.77 bits per heavy atom. The van der Waals surface area contributed by atoms with Gasteiger partial charge in [0.05, 0.1) is 0 Å². The van der Waals surface area contributed by atoms with Gasteiger partial charge < -0.3 is 15.6 Å². The van der Waals surface area contributed by atoms with Crippen molar-refractivity contribution in [3.8, 4) is 0 Å². The molecule has 0 saturated heterocycles. The van der Waals surface area contributed by atoms with Gasteiger partial charge in [-0.25, -0.2) is 0 Å². The fourth-order valence-corrected chi connectivity index (χ4v) is 4.01. The van der Waals surface area contributed by atoms with Gasteiger partial charge in [-0.3, -0.25) is 14.6 Å². The number of aromatic amines is 1. The SMILES string of the molecule is O=C(/C=C/c1ccncc1)N[C@@H]1CCCC[C@@H]1NC(=O)c1cc2cc(Cl)ccc2[nH]1. The van der Waals surface area contributed by atoms with Crippen molar-refractivity contribution in [2.24, 2.45) is 0 Å². The highest BCUT2D eigenvalue weighted by atomic mass is 35.5. The second-order valence-corrected chi connectivity index (χ2v) is 7.94. The Morgan fingerprint density at radius 3 is 2.53 bits per heavy atom. The minimum absolute atomic E-state index is 0.101. The molecule has 154 valence electrons. The Morgan fingerprint density at radius 1 is 1.03 bits per heavy atom. The number of rotatable bonds is 5. The highest BCUT2D eigenvalue weighted by Gasteiger charge is 2.28. The number of aromatic nitrogens is 2. The summed E-state index contributed by atoms with van der Waals surface area (Å²) in [6.07, 6.45) is 10.3. The van der Waals surface area contributed by atoms with Crippen LogP contribution in [0.15, 0.2) is 54.9 Å². The average molecular weight is 423 g/mol. The summed E-state index contributed by atoms with van der Waals surface area (Å²) in [6.45, 7) is 0. The lowest BCUT2D eigenvalue weighted by Crippen LogP contribution is -2.53. The largest absolute Gasteiger partial charge is 0.351 e. The van der Waals surface area contributed by atoms with E-state index in [0.29, 0.717) is 10.7 Å². The van der Waals surface area contributed by atoms with Crippen LogP contribution in [0.2, 0.25) is 5.02 Å². The van der Waals surface area contributed by atoms with Crippen LogP contribution in [0.4, 0.5) is 0 Å². The highest BCUT2D eigenvalue weighted by molar-refractivity contribution is 6.31. The van der Waals surface area contributed by atoms with Crippen LogP contribution in [-0.4, -0.2) is 33.9 Å². The Bertz CT molecular complexity index is 1080. The number of carbonyl (C=O) groups excluding carboxylic acids is 2. The number of carbonyl (C=O) groups is 2. The smallest absolute Gasteiger partial charge is 0.268 e. The van der Waals surface area contributed by atoms with Crippen LogP contribution in [0.1, 0.15) is 41.7 Å². The van der Waals surface area contributed by atoms with Crippen molar-refractivity contribution >= 4 is 40.4 Å². The number of fused-ring (bicyclic) bond motifs is 1. The van der Waals surface area contributed by atoms with Gasteiger partial charge in [0, 0.05) is 46.5 Å². The standard InChI is InChI=1S/C23H23ClN4O2/c24-17-6-7-18-16(13-17)14-21(26-18)23(30)28-20-4-2-1-3-19(20)27-22(29)8-5-15-9-11-25-12-10-15/h5-14,19-20,26H,1-4H2,(H,27,29)(H,28,30)/b8-5+/t19-,20+/m1/s1. The third-order valence-corrected chi connectivity index (χ3v) is 5.61. The Balaban J connectivity index is 1.40. The van der Waals surface area contributed by atoms with Crippen molar-refractivity contribution in [3.05, 3.63) is 71.1 Å². The summed E-state index contributed by atoms with van der Waals surface area (Å²) < 4.78 is 0. The Labute approximate surface area is 179 Å². The predicted octanol–water partition coefficient (Wildman–Crippen LogP) is 4.09. The maximum atomic E-state index is 12.8. The summed E-state index contributed by atoms with van der Waals surface area (Å²) in [6, 6.07) is 10.7. The molecule has 2 aromatic heterocycles. The van der Waals surface area contributed by atoms with Crippen LogP contribution in [0, 0.1) is 0 Å². The number of nitrogens with one attached hydrogen (secondary N) is 3. The molecule has 2 heterocycles. The second kappa shape index (κ2) is 9.13. The zero-order chi connectivity index (χ0) is 20.9. The molecule has 2 amide bonds. The molecular weight excluding hydrogens is 400 g/mol. The number of amides is 2. The van der Waals surface area contributed by atoms with E-state index in [0.717, 1.165) is 42.1 Å². The molecule has 0 aliphatic heterocycles. The topological polar surface area (TPSA) is 86.9 Å². The van der Waals surface area contributed by atoms with Crippen molar-refractivity contribution < 1.29 is 9.59 Å². The van der Waals surface area contributed by atoms with Gasteiger partial charge in [0.1, 0.15) is 5.69 Å². The van der Waals surface area contributed by atoms with Gasteiger partial charge in [0.15, 0.2) is 0 Å². The van der Waals surface area contributed by atoms with E-state index in [1.54, 1.807) is 30.6 Å². The quantitative estimate of drug-likeness (QED) is 0.541. The number of hydrogen-bond donors (Lipinski definition) is 3. The zero-order valence-electron chi connectivity index (χ0n) is 16.4. The van der Waals surface area contributed by atoms with Crippen LogP contribution >= 0.6 is 11.6 Å². The number of pyridine rings is 1. The lowest BCUT2D eigenvalue weighted by atomic mass is 9.90. The van der Waals surface area contributed by atoms with E-state index in [1.165, 1.54) is 6.08 Å². The van der Waals surface area contributed by atoms with Crippen molar-refractivity contribution in [2.75, 3.05) is 0 Å². The zero-order valence-corrected chi connectivity index (χ0v) is 17.2. The Hall–Kier alpha value is -3.12. The molecule has 1 aliphatic carbocycles. The molecule has 3 N–H and O–H groups in total. The minimum atomic E-state index is -0.180. The average Bonchev–Trinajstić information content (AvgIpc) is 3.18. The number of hydrogen-bond acceptors (Lipinski definition) is 3. The molecule has 30 heavy (non-hydrogen) atoms. The third kappa shape index (κ3) is 4.89. The van der Waals surface area contributed by atoms with Gasteiger partial charge in [-0.1, -0.05) is 24.4 Å². The molecule has 1 aromatic carbocycles. The van der Waals surface area contributed by atoms with Crippen LogP contribution in [0.5, 0.6) is 0 Å². The predicted molar refractivity (Wildman–Crippen MR) is 118 cm³/mol. The molecular formula is C23H23ClN4O2. The summed E-state index contributed by atoms with van der Waals surface area (Å²) in [4.78, 5) is 32.3. The van der Waals surface area contributed by atoms with Gasteiger partial charge in [-0.2, -0.15) is 0 Å². The van der Waals surface area contributed by atoms with Crippen molar-refractivity contribution in [1.82, 2.24) is 20.6 Å². The molecule has 2 atom stereocenters. The normalized spacial score (nSPS) is 19.1. The van der Waals surface area contributed by atoms with Crippen molar-refractivity contribution in [2.45, 2.75) is 37.8 Å². The summed E-state index contributed by atoms with van der Waals surface area (Å²) in [5, 5.41) is 7.66. The third-order valence-electron chi connectivity index (χ3n) is 5.37. The van der Waals surface area contributed by atoms with E-state index < -0.39 is 0 Å². The number of halogens is 1. The van der Waals surface area contributed by atoms with Gasteiger partial charge >= 0.3 is 0 Å².